The molecule has 0 radical (unpaired) electrons. The lowest BCUT2D eigenvalue weighted by molar-refractivity contribution is -0.161. The second-order valence-corrected chi connectivity index (χ2v) is 29.0. The molecule has 0 aliphatic rings. The zero-order valence-corrected chi connectivity index (χ0v) is 57.7. The van der Waals surface area contributed by atoms with E-state index in [-0.39, 0.29) is 25.7 Å². The van der Waals surface area contributed by atoms with Crippen molar-refractivity contribution in [1.29, 1.82) is 0 Å². The van der Waals surface area contributed by atoms with Crippen molar-refractivity contribution in [2.75, 3.05) is 39.6 Å². The summed E-state index contributed by atoms with van der Waals surface area (Å²) >= 11 is 0. The molecule has 2 unspecified atom stereocenters. The molecule has 0 aliphatic heterocycles. The van der Waals surface area contributed by atoms with Crippen LogP contribution in [0.3, 0.4) is 0 Å². The monoisotopic (exact) mass is 1270 g/mol. The van der Waals surface area contributed by atoms with E-state index in [1.54, 1.807) is 0 Å². The Hall–Kier alpha value is -1.94. The summed E-state index contributed by atoms with van der Waals surface area (Å²) in [6, 6.07) is 0. The summed E-state index contributed by atoms with van der Waals surface area (Å²) < 4.78 is 68.1. The van der Waals surface area contributed by atoms with Gasteiger partial charge in [-0.1, -0.05) is 274 Å². The number of carbonyl (C=O) groups excluding carboxylic acids is 4. The Morgan fingerprint density at radius 3 is 0.721 bits per heavy atom. The minimum Gasteiger partial charge on any atom is -0.462 e. The molecule has 0 aliphatic carbocycles. The number of aliphatic hydroxyl groups is 1. The van der Waals surface area contributed by atoms with Crippen molar-refractivity contribution in [2.24, 2.45) is 23.7 Å². The molecule has 19 heteroatoms. The molecule has 0 spiro atoms. The van der Waals surface area contributed by atoms with Crippen molar-refractivity contribution in [3.05, 3.63) is 0 Å². The fourth-order valence-electron chi connectivity index (χ4n) is 9.96. The summed E-state index contributed by atoms with van der Waals surface area (Å²) in [5.74, 6) is 0.766. The molecule has 86 heavy (non-hydrogen) atoms. The lowest BCUT2D eigenvalue weighted by atomic mass is 10.0. The molecule has 0 aromatic carbocycles. The SMILES string of the molecule is CC(C)CCCCCCCCCCCCCC(=O)O[C@H](COC(=O)CCCCCCCCC(C)C)COP(=O)(O)OC[C@H](O)COP(=O)(O)OC[C@@H](COC(=O)CCCCCCCCCC(C)C)OC(=O)CCCCCCCCCCCCC(C)C. The van der Waals surface area contributed by atoms with Crippen LogP contribution >= 0.6 is 15.6 Å². The summed E-state index contributed by atoms with van der Waals surface area (Å²) in [6.07, 6.45) is 37.8. The molecule has 0 heterocycles. The summed E-state index contributed by atoms with van der Waals surface area (Å²) in [7, 11) is -9.90. The lowest BCUT2D eigenvalue weighted by Crippen LogP contribution is -2.30. The maximum Gasteiger partial charge on any atom is 0.472 e. The number of aliphatic hydroxyl groups excluding tert-OH is 1. The molecule has 3 N–H and O–H groups in total. The number of rotatable bonds is 64. The smallest absolute Gasteiger partial charge is 0.462 e. The van der Waals surface area contributed by atoms with Crippen LogP contribution in [0.25, 0.3) is 0 Å². The molecular weight excluding hydrogens is 1140 g/mol. The van der Waals surface area contributed by atoms with Gasteiger partial charge in [-0.25, -0.2) is 9.13 Å². The van der Waals surface area contributed by atoms with E-state index in [9.17, 15) is 43.2 Å². The Morgan fingerprint density at radius 2 is 0.488 bits per heavy atom. The highest BCUT2D eigenvalue weighted by Gasteiger charge is 2.30. The number of esters is 4. The van der Waals surface area contributed by atoms with E-state index in [1.165, 1.54) is 116 Å². The summed E-state index contributed by atoms with van der Waals surface area (Å²) in [6.45, 7) is 14.0. The third-order valence-electron chi connectivity index (χ3n) is 15.3. The Kier molecular flexibility index (Phi) is 55.7. The predicted octanol–water partition coefficient (Wildman–Crippen LogP) is 18.5. The first-order chi connectivity index (χ1) is 41.1. The number of hydrogen-bond acceptors (Lipinski definition) is 15. The summed E-state index contributed by atoms with van der Waals surface area (Å²) in [4.78, 5) is 72.3. The van der Waals surface area contributed by atoms with Crippen molar-refractivity contribution in [3.63, 3.8) is 0 Å². The average molecular weight is 1270 g/mol. The van der Waals surface area contributed by atoms with Crippen molar-refractivity contribution in [2.45, 2.75) is 343 Å². The van der Waals surface area contributed by atoms with Gasteiger partial charge in [0.15, 0.2) is 12.2 Å². The fraction of sp³-hybridized carbons (Fsp3) is 0.940. The summed E-state index contributed by atoms with van der Waals surface area (Å²) in [5, 5.41) is 10.6. The highest BCUT2D eigenvalue weighted by Crippen LogP contribution is 2.45. The fourth-order valence-corrected chi connectivity index (χ4v) is 11.5. The molecule has 510 valence electrons. The minimum absolute atomic E-state index is 0.104. The van der Waals surface area contributed by atoms with Crippen molar-refractivity contribution < 1.29 is 80.2 Å². The van der Waals surface area contributed by atoms with Gasteiger partial charge in [0.25, 0.3) is 0 Å². The van der Waals surface area contributed by atoms with Crippen LogP contribution in [-0.4, -0.2) is 96.7 Å². The topological polar surface area (TPSA) is 237 Å². The van der Waals surface area contributed by atoms with Gasteiger partial charge in [-0.3, -0.25) is 37.3 Å². The van der Waals surface area contributed by atoms with E-state index in [1.807, 2.05) is 0 Å². The third kappa shape index (κ3) is 60.9. The summed E-state index contributed by atoms with van der Waals surface area (Å²) in [5.41, 5.74) is 0. The van der Waals surface area contributed by atoms with Gasteiger partial charge in [0.1, 0.15) is 19.3 Å². The second kappa shape index (κ2) is 57.0. The molecule has 0 aromatic heterocycles. The van der Waals surface area contributed by atoms with Crippen molar-refractivity contribution >= 4 is 39.5 Å². The highest BCUT2D eigenvalue weighted by molar-refractivity contribution is 7.47. The lowest BCUT2D eigenvalue weighted by Gasteiger charge is -2.21. The van der Waals surface area contributed by atoms with E-state index in [0.29, 0.717) is 37.5 Å². The van der Waals surface area contributed by atoms with Gasteiger partial charge in [0.2, 0.25) is 0 Å². The number of hydrogen-bond donors (Lipinski definition) is 3. The zero-order valence-electron chi connectivity index (χ0n) is 55.9. The molecule has 0 aromatic rings. The van der Waals surface area contributed by atoms with Crippen LogP contribution in [-0.2, 0) is 65.4 Å². The first-order valence-electron chi connectivity index (χ1n) is 34.7. The number of unbranched alkanes of at least 4 members (excludes halogenated alkanes) is 30. The number of ether oxygens (including phenoxy) is 4. The van der Waals surface area contributed by atoms with Gasteiger partial charge in [0.05, 0.1) is 26.4 Å². The quantitative estimate of drug-likeness (QED) is 0.0222. The van der Waals surface area contributed by atoms with Crippen LogP contribution in [0.2, 0.25) is 0 Å². The molecule has 0 saturated carbocycles. The zero-order chi connectivity index (χ0) is 63.9. The Morgan fingerprint density at radius 1 is 0.291 bits per heavy atom. The molecular formula is C67H130O17P2. The average Bonchev–Trinajstić information content (AvgIpc) is 3.65. The van der Waals surface area contributed by atoms with Crippen LogP contribution in [0.5, 0.6) is 0 Å². The molecule has 0 fully saturated rings. The molecule has 5 atom stereocenters. The van der Waals surface area contributed by atoms with Gasteiger partial charge < -0.3 is 33.8 Å². The van der Waals surface area contributed by atoms with Crippen molar-refractivity contribution in [1.82, 2.24) is 0 Å². The Balaban J connectivity index is 5.24. The van der Waals surface area contributed by atoms with Gasteiger partial charge in [0, 0.05) is 25.7 Å². The molecule has 17 nitrogen and oxygen atoms in total. The maximum absolute atomic E-state index is 13.0. The van der Waals surface area contributed by atoms with Crippen LogP contribution in [0.4, 0.5) is 0 Å². The third-order valence-corrected chi connectivity index (χ3v) is 17.2. The Labute approximate surface area is 524 Å². The molecule has 0 saturated heterocycles. The van der Waals surface area contributed by atoms with Gasteiger partial charge in [-0.15, -0.1) is 0 Å². The second-order valence-electron chi connectivity index (χ2n) is 26.1. The van der Waals surface area contributed by atoms with Gasteiger partial charge >= 0.3 is 39.5 Å². The molecule has 0 amide bonds. The van der Waals surface area contributed by atoms with E-state index < -0.39 is 97.5 Å². The highest BCUT2D eigenvalue weighted by atomic mass is 31.2. The van der Waals surface area contributed by atoms with E-state index in [0.717, 1.165) is 115 Å². The van der Waals surface area contributed by atoms with Crippen LogP contribution < -0.4 is 0 Å². The number of phosphoric acid groups is 2. The molecule has 0 bridgehead atoms. The maximum atomic E-state index is 13.0. The van der Waals surface area contributed by atoms with E-state index in [4.69, 9.17) is 37.0 Å². The number of carbonyl (C=O) groups is 4. The van der Waals surface area contributed by atoms with Crippen molar-refractivity contribution in [3.8, 4) is 0 Å². The number of phosphoric ester groups is 2. The Bertz CT molecular complexity index is 1710. The van der Waals surface area contributed by atoms with E-state index >= 15 is 0 Å². The minimum atomic E-state index is -4.95. The first kappa shape index (κ1) is 84.1. The van der Waals surface area contributed by atoms with Crippen LogP contribution in [0.15, 0.2) is 0 Å². The molecule has 0 rings (SSSR count). The normalized spacial score (nSPS) is 14.4. The van der Waals surface area contributed by atoms with Crippen LogP contribution in [0.1, 0.15) is 325 Å². The largest absolute Gasteiger partial charge is 0.472 e. The standard InChI is InChI=1S/C67H130O17P2/c1-57(2)43-35-27-19-14-10-9-11-16-22-33-41-49-66(71)84-63(54-78-65(70)48-40-32-26-25-30-38-46-60(7)8)56-82-86(75,76)80-52-61(68)51-79-85(73,74)81-55-62(53-77-64(69)47-39-31-24-18-21-29-37-45-59(5)6)83-67(72)50-42-34-23-17-13-12-15-20-28-36-44-58(3)4/h57-63,68H,9-56H2,1-8H3,(H,73,74)(H,75,76)/t61-,62-,63-/m1/s1. The van der Waals surface area contributed by atoms with Crippen LogP contribution in [0, 0.1) is 23.7 Å². The predicted molar refractivity (Wildman–Crippen MR) is 344 cm³/mol. The van der Waals surface area contributed by atoms with E-state index in [2.05, 4.69) is 55.4 Å². The first-order valence-corrected chi connectivity index (χ1v) is 37.7. The van der Waals surface area contributed by atoms with Gasteiger partial charge in [-0.05, 0) is 49.4 Å². The van der Waals surface area contributed by atoms with Gasteiger partial charge in [-0.2, -0.15) is 0 Å².